The molecule has 172 valence electrons. The summed E-state index contributed by atoms with van der Waals surface area (Å²) in [4.78, 5) is 31.6. The third-order valence-electron chi connectivity index (χ3n) is 5.63. The van der Waals surface area contributed by atoms with Crippen LogP contribution in [-0.2, 0) is 9.59 Å². The van der Waals surface area contributed by atoms with E-state index in [0.717, 1.165) is 24.1 Å². The molecule has 0 atom stereocenters. The smallest absolute Gasteiger partial charge is 0.246 e. The van der Waals surface area contributed by atoms with Crippen LogP contribution in [0.15, 0.2) is 54.7 Å². The maximum atomic E-state index is 12.9. The number of benzene rings is 2. The Balaban J connectivity index is 1.65. The minimum atomic E-state index is -0.294. The topological polar surface area (TPSA) is 85.7 Å². The van der Waals surface area contributed by atoms with Gasteiger partial charge in [-0.25, -0.2) is 4.98 Å². The van der Waals surface area contributed by atoms with Crippen LogP contribution in [0, 0.1) is 5.92 Å². The zero-order valence-electron chi connectivity index (χ0n) is 19.1. The van der Waals surface area contributed by atoms with Gasteiger partial charge in [0.05, 0.1) is 32.1 Å². The molecule has 1 N–H and O–H groups in total. The predicted molar refractivity (Wildman–Crippen MR) is 126 cm³/mol. The highest BCUT2D eigenvalue weighted by Gasteiger charge is 2.33. The third-order valence-corrected chi connectivity index (χ3v) is 5.63. The van der Waals surface area contributed by atoms with Crippen LogP contribution in [0.2, 0.25) is 0 Å². The molecule has 4 rings (SSSR count). The number of likely N-dealkylation sites (N-methyl/N-ethyl adjacent to an activating group) is 1. The van der Waals surface area contributed by atoms with Crippen molar-refractivity contribution in [2.24, 2.45) is 5.92 Å². The molecule has 0 bridgehead atoms. The van der Waals surface area contributed by atoms with Gasteiger partial charge >= 0.3 is 0 Å². The van der Waals surface area contributed by atoms with Gasteiger partial charge in [-0.15, -0.1) is 0 Å². The van der Waals surface area contributed by atoms with E-state index in [9.17, 15) is 9.59 Å². The summed E-state index contributed by atoms with van der Waals surface area (Å²) in [5, 5.41) is 2.89. The Bertz CT molecular complexity index is 1140. The van der Waals surface area contributed by atoms with Crippen LogP contribution in [0.25, 0.3) is 16.9 Å². The van der Waals surface area contributed by atoms with Gasteiger partial charge in [0.2, 0.25) is 17.8 Å². The van der Waals surface area contributed by atoms with Gasteiger partial charge in [0.25, 0.3) is 0 Å². The molecule has 1 aromatic heterocycles. The zero-order chi connectivity index (χ0) is 23.4. The molecule has 33 heavy (non-hydrogen) atoms. The molecule has 8 heteroatoms. The second kappa shape index (κ2) is 9.77. The summed E-state index contributed by atoms with van der Waals surface area (Å²) in [5.41, 5.74) is 2.38. The number of carbonyl (C=O) groups is 2. The second-order valence-electron chi connectivity index (χ2n) is 7.90. The first-order valence-corrected chi connectivity index (χ1v) is 11.0. The van der Waals surface area contributed by atoms with Crippen molar-refractivity contribution in [2.75, 3.05) is 32.6 Å². The minimum absolute atomic E-state index is 0.00863. The number of hydrogen-bond donors (Lipinski definition) is 1. The summed E-state index contributed by atoms with van der Waals surface area (Å²) in [6.07, 6.45) is 3.67. The number of anilines is 1. The number of aromatic nitrogens is 2. The van der Waals surface area contributed by atoms with E-state index >= 15 is 0 Å². The normalized spacial score (nSPS) is 12.8. The van der Waals surface area contributed by atoms with E-state index in [-0.39, 0.29) is 24.3 Å². The highest BCUT2D eigenvalue weighted by molar-refractivity contribution is 5.94. The van der Waals surface area contributed by atoms with Crippen LogP contribution >= 0.6 is 0 Å². The fourth-order valence-electron chi connectivity index (χ4n) is 3.66. The number of nitrogens with one attached hydrogen (secondary N) is 1. The maximum absolute atomic E-state index is 12.9. The molecular formula is C25H28N4O4. The van der Waals surface area contributed by atoms with Gasteiger partial charge in [-0.3, -0.25) is 19.5 Å². The number of rotatable bonds is 9. The van der Waals surface area contributed by atoms with Crippen molar-refractivity contribution in [1.29, 1.82) is 0 Å². The minimum Gasteiger partial charge on any atom is -0.493 e. The number of hydrogen-bond acceptors (Lipinski definition) is 5. The first-order chi connectivity index (χ1) is 16.0. The number of amides is 2. The molecule has 0 radical (unpaired) electrons. The van der Waals surface area contributed by atoms with Gasteiger partial charge < -0.3 is 14.4 Å². The highest BCUT2D eigenvalue weighted by Crippen LogP contribution is 2.32. The molecular weight excluding hydrogens is 420 g/mol. The number of methoxy groups -OCH3 is 2. The second-order valence-corrected chi connectivity index (χ2v) is 7.90. The Morgan fingerprint density at radius 2 is 1.82 bits per heavy atom. The van der Waals surface area contributed by atoms with Crippen molar-refractivity contribution in [2.45, 2.75) is 19.8 Å². The lowest BCUT2D eigenvalue weighted by molar-refractivity contribution is -0.135. The van der Waals surface area contributed by atoms with Crippen molar-refractivity contribution >= 4 is 17.8 Å². The Labute approximate surface area is 193 Å². The van der Waals surface area contributed by atoms with Crippen LogP contribution in [0.3, 0.4) is 0 Å². The number of nitrogens with zero attached hydrogens (tertiary/aromatic N) is 3. The summed E-state index contributed by atoms with van der Waals surface area (Å²) >= 11 is 0. The average Bonchev–Trinajstić information content (AvgIpc) is 3.62. The summed E-state index contributed by atoms with van der Waals surface area (Å²) in [6, 6.07) is 15.2. The van der Waals surface area contributed by atoms with E-state index in [4.69, 9.17) is 9.47 Å². The quantitative estimate of drug-likeness (QED) is 0.539. The van der Waals surface area contributed by atoms with Crippen molar-refractivity contribution in [3.8, 4) is 28.4 Å². The third kappa shape index (κ3) is 5.00. The fourth-order valence-corrected chi connectivity index (χ4v) is 3.66. The molecule has 2 amide bonds. The van der Waals surface area contributed by atoms with Gasteiger partial charge in [0, 0.05) is 30.3 Å². The largest absolute Gasteiger partial charge is 0.493 e. The zero-order valence-corrected chi connectivity index (χ0v) is 19.1. The molecule has 1 fully saturated rings. The molecule has 0 saturated heterocycles. The van der Waals surface area contributed by atoms with Gasteiger partial charge in [-0.2, -0.15) is 0 Å². The molecule has 1 aliphatic rings. The molecule has 0 aliphatic heterocycles. The summed E-state index contributed by atoms with van der Waals surface area (Å²) in [7, 11) is 3.15. The van der Waals surface area contributed by atoms with Crippen LogP contribution < -0.4 is 14.8 Å². The monoisotopic (exact) mass is 448 g/mol. The van der Waals surface area contributed by atoms with Gasteiger partial charge in [0.15, 0.2) is 11.5 Å². The SMILES string of the molecule is CCN(CC(=O)Nc1nc(-c2ccccc2)cn1-c1ccc(OC)c(OC)c1)C(=O)C1CC1. The average molecular weight is 449 g/mol. The van der Waals surface area contributed by atoms with Gasteiger partial charge in [-0.1, -0.05) is 30.3 Å². The predicted octanol–water partition coefficient (Wildman–Crippen LogP) is 3.75. The summed E-state index contributed by atoms with van der Waals surface area (Å²) < 4.78 is 12.6. The lowest BCUT2D eigenvalue weighted by Crippen LogP contribution is -2.39. The lowest BCUT2D eigenvalue weighted by Gasteiger charge is -2.20. The Kier molecular flexibility index (Phi) is 6.63. The van der Waals surface area contributed by atoms with Crippen LogP contribution in [-0.4, -0.2) is 53.6 Å². The standard InChI is InChI=1S/C25H28N4O4/c1-4-28(24(31)18-10-11-18)16-23(30)27-25-26-20(17-8-6-5-7-9-17)15-29(25)19-12-13-21(32-2)22(14-19)33-3/h5-9,12-15,18H,4,10-11,16H2,1-3H3,(H,26,27,30). The molecule has 1 heterocycles. The van der Waals surface area contributed by atoms with E-state index in [1.807, 2.05) is 55.6 Å². The number of carbonyl (C=O) groups excluding carboxylic acids is 2. The highest BCUT2D eigenvalue weighted by atomic mass is 16.5. The molecule has 2 aromatic carbocycles. The maximum Gasteiger partial charge on any atom is 0.246 e. The summed E-state index contributed by atoms with van der Waals surface area (Å²) in [5.74, 6) is 1.35. The van der Waals surface area contributed by atoms with Gasteiger partial charge in [0.1, 0.15) is 0 Å². The Morgan fingerprint density at radius 3 is 2.45 bits per heavy atom. The van der Waals surface area contributed by atoms with E-state index in [2.05, 4.69) is 10.3 Å². The Hall–Kier alpha value is -3.81. The first kappa shape index (κ1) is 22.4. The summed E-state index contributed by atoms with van der Waals surface area (Å²) in [6.45, 7) is 2.36. The molecule has 0 unspecified atom stereocenters. The molecule has 1 saturated carbocycles. The molecule has 3 aromatic rings. The van der Waals surface area contributed by atoms with E-state index in [1.54, 1.807) is 29.8 Å². The molecule has 1 aliphatic carbocycles. The lowest BCUT2D eigenvalue weighted by atomic mass is 10.2. The van der Waals surface area contributed by atoms with Gasteiger partial charge in [-0.05, 0) is 31.9 Å². The van der Waals surface area contributed by atoms with Crippen LogP contribution in [0.4, 0.5) is 5.95 Å². The van der Waals surface area contributed by atoms with Crippen LogP contribution in [0.1, 0.15) is 19.8 Å². The van der Waals surface area contributed by atoms with Crippen molar-refractivity contribution in [3.63, 3.8) is 0 Å². The van der Waals surface area contributed by atoms with E-state index in [0.29, 0.717) is 29.7 Å². The van der Waals surface area contributed by atoms with E-state index < -0.39 is 0 Å². The van der Waals surface area contributed by atoms with Crippen molar-refractivity contribution in [1.82, 2.24) is 14.5 Å². The molecule has 8 nitrogen and oxygen atoms in total. The van der Waals surface area contributed by atoms with Crippen molar-refractivity contribution in [3.05, 3.63) is 54.7 Å². The molecule has 0 spiro atoms. The first-order valence-electron chi connectivity index (χ1n) is 11.0. The van der Waals surface area contributed by atoms with Crippen molar-refractivity contribution < 1.29 is 19.1 Å². The number of imidazole rings is 1. The fraction of sp³-hybridized carbons (Fsp3) is 0.320. The Morgan fingerprint density at radius 1 is 1.09 bits per heavy atom. The van der Waals surface area contributed by atoms with E-state index in [1.165, 1.54) is 0 Å². The number of ether oxygens (including phenoxy) is 2. The van der Waals surface area contributed by atoms with Crippen LogP contribution in [0.5, 0.6) is 11.5 Å².